The smallest absolute Gasteiger partial charge is 0.345 e. The van der Waals surface area contributed by atoms with Crippen LogP contribution in [-0.2, 0) is 11.2 Å². The minimum absolute atomic E-state index is 0.201. The van der Waals surface area contributed by atoms with Gasteiger partial charge in [0.1, 0.15) is 5.75 Å². The summed E-state index contributed by atoms with van der Waals surface area (Å²) in [5, 5.41) is 4.27. The molecule has 0 bridgehead atoms. The van der Waals surface area contributed by atoms with Crippen LogP contribution in [0.5, 0.6) is 5.75 Å². The van der Waals surface area contributed by atoms with Crippen molar-refractivity contribution in [3.8, 4) is 5.75 Å². The van der Waals surface area contributed by atoms with Gasteiger partial charge in [0.15, 0.2) is 0 Å². The van der Waals surface area contributed by atoms with Crippen LogP contribution in [0.4, 0.5) is 0 Å². The topological polar surface area (TPSA) is 67.8 Å². The molecular weight excluding hydrogens is 376 g/mol. The minimum atomic E-state index is -0.528. The molecule has 0 aliphatic rings. The lowest BCUT2D eigenvalue weighted by Crippen LogP contribution is -2.19. The molecule has 0 fully saturated rings. The molecule has 0 aliphatic heterocycles. The minimum Gasteiger partial charge on any atom is -0.423 e. The van der Waals surface area contributed by atoms with E-state index in [1.165, 1.54) is 6.21 Å². The molecule has 0 spiro atoms. The molecule has 0 saturated heterocycles. The third-order valence-electron chi connectivity index (χ3n) is 3.79. The first-order valence-electron chi connectivity index (χ1n) is 8.54. The predicted molar refractivity (Wildman–Crippen MR) is 109 cm³/mol. The Morgan fingerprint density at radius 2 is 1.61 bits per heavy atom. The first kappa shape index (κ1) is 19.3. The molecule has 0 unspecified atom stereocenters. The molecule has 1 N–H and O–H groups in total. The summed E-state index contributed by atoms with van der Waals surface area (Å²) in [4.78, 5) is 24.0. The highest BCUT2D eigenvalue weighted by atomic mass is 35.5. The van der Waals surface area contributed by atoms with Crippen LogP contribution in [0.15, 0.2) is 84.0 Å². The van der Waals surface area contributed by atoms with Crippen molar-refractivity contribution >= 4 is 29.7 Å². The second-order valence-electron chi connectivity index (χ2n) is 5.89. The van der Waals surface area contributed by atoms with Gasteiger partial charge in [-0.2, -0.15) is 5.10 Å². The quantitative estimate of drug-likeness (QED) is 0.295. The van der Waals surface area contributed by atoms with E-state index < -0.39 is 5.97 Å². The molecule has 1 amide bonds. The van der Waals surface area contributed by atoms with Crippen LogP contribution in [0.3, 0.4) is 0 Å². The van der Waals surface area contributed by atoms with Crippen LogP contribution in [0, 0.1) is 0 Å². The summed E-state index contributed by atoms with van der Waals surface area (Å²) in [6.45, 7) is 0. The van der Waals surface area contributed by atoms with E-state index in [9.17, 15) is 9.59 Å². The van der Waals surface area contributed by atoms with Gasteiger partial charge in [-0.05, 0) is 47.5 Å². The molecule has 3 rings (SSSR count). The number of halogens is 1. The van der Waals surface area contributed by atoms with Crippen LogP contribution >= 0.6 is 11.6 Å². The Labute approximate surface area is 167 Å². The van der Waals surface area contributed by atoms with E-state index in [0.717, 1.165) is 11.1 Å². The third-order valence-corrected chi connectivity index (χ3v) is 4.12. The van der Waals surface area contributed by atoms with Gasteiger partial charge < -0.3 is 4.74 Å². The maximum Gasteiger partial charge on any atom is 0.345 e. The van der Waals surface area contributed by atoms with Crippen molar-refractivity contribution in [1.82, 2.24) is 5.43 Å². The monoisotopic (exact) mass is 392 g/mol. The molecule has 3 aromatic rings. The Morgan fingerprint density at radius 1 is 0.929 bits per heavy atom. The number of esters is 1. The van der Waals surface area contributed by atoms with Gasteiger partial charge in [0.05, 0.1) is 23.2 Å². The van der Waals surface area contributed by atoms with Gasteiger partial charge in [-0.15, -0.1) is 0 Å². The van der Waals surface area contributed by atoms with Crippen LogP contribution in [0.25, 0.3) is 0 Å². The average Bonchev–Trinajstić information content (AvgIpc) is 2.70. The van der Waals surface area contributed by atoms with E-state index in [1.54, 1.807) is 48.5 Å². The van der Waals surface area contributed by atoms with Crippen molar-refractivity contribution in [3.05, 3.63) is 101 Å². The zero-order valence-corrected chi connectivity index (χ0v) is 15.6. The molecule has 28 heavy (non-hydrogen) atoms. The molecule has 6 heteroatoms. The molecule has 0 saturated carbocycles. The second-order valence-corrected chi connectivity index (χ2v) is 6.30. The Morgan fingerprint density at radius 3 is 2.32 bits per heavy atom. The molecule has 0 aliphatic carbocycles. The summed E-state index contributed by atoms with van der Waals surface area (Å²) in [5.41, 5.74) is 4.45. The maximum atomic E-state index is 12.1. The lowest BCUT2D eigenvalue weighted by Gasteiger charge is -2.06. The van der Waals surface area contributed by atoms with Gasteiger partial charge in [0.2, 0.25) is 5.91 Å². The first-order chi connectivity index (χ1) is 13.6. The lowest BCUT2D eigenvalue weighted by molar-refractivity contribution is -0.120. The summed E-state index contributed by atoms with van der Waals surface area (Å²) >= 11 is 5.99. The maximum absolute atomic E-state index is 12.1. The van der Waals surface area contributed by atoms with Gasteiger partial charge in [-0.3, -0.25) is 4.79 Å². The van der Waals surface area contributed by atoms with E-state index in [1.807, 2.05) is 30.3 Å². The molecule has 0 atom stereocenters. The normalized spacial score (nSPS) is 10.6. The highest BCUT2D eigenvalue weighted by molar-refractivity contribution is 6.33. The Bertz CT molecular complexity index is 986. The van der Waals surface area contributed by atoms with Gasteiger partial charge in [-0.1, -0.05) is 54.1 Å². The molecule has 0 aromatic heterocycles. The number of hydrogen-bond donors (Lipinski definition) is 1. The summed E-state index contributed by atoms with van der Waals surface area (Å²) in [5.74, 6) is -0.344. The van der Waals surface area contributed by atoms with Gasteiger partial charge in [-0.25, -0.2) is 10.2 Å². The van der Waals surface area contributed by atoms with Crippen LogP contribution in [0.1, 0.15) is 21.5 Å². The Hall–Kier alpha value is -3.44. The fraction of sp³-hybridized carbons (Fsp3) is 0.0455. The first-order valence-corrected chi connectivity index (χ1v) is 8.92. The van der Waals surface area contributed by atoms with Gasteiger partial charge >= 0.3 is 5.97 Å². The Balaban J connectivity index is 1.52. The number of amides is 1. The predicted octanol–water partition coefficient (Wildman–Crippen LogP) is 4.25. The largest absolute Gasteiger partial charge is 0.423 e. The SMILES string of the molecule is O=C(Cc1ccccc1)N/N=C/c1ccc(OC(=O)c2ccccc2Cl)cc1. The number of benzene rings is 3. The fourth-order valence-corrected chi connectivity index (χ4v) is 2.62. The number of carbonyl (C=O) groups is 2. The number of carbonyl (C=O) groups excluding carboxylic acids is 2. The fourth-order valence-electron chi connectivity index (χ4n) is 2.41. The van der Waals surface area contributed by atoms with Crippen molar-refractivity contribution in [2.75, 3.05) is 0 Å². The van der Waals surface area contributed by atoms with E-state index >= 15 is 0 Å². The summed E-state index contributed by atoms with van der Waals surface area (Å²) in [6.07, 6.45) is 1.78. The van der Waals surface area contributed by atoms with Crippen molar-refractivity contribution < 1.29 is 14.3 Å². The van der Waals surface area contributed by atoms with E-state index in [0.29, 0.717) is 16.3 Å². The second kappa shape index (κ2) is 9.48. The average molecular weight is 393 g/mol. The van der Waals surface area contributed by atoms with Crippen LogP contribution < -0.4 is 10.2 Å². The molecule has 0 heterocycles. The third kappa shape index (κ3) is 5.53. The van der Waals surface area contributed by atoms with Crippen molar-refractivity contribution in [3.63, 3.8) is 0 Å². The summed E-state index contributed by atoms with van der Waals surface area (Å²) < 4.78 is 5.31. The van der Waals surface area contributed by atoms with Gasteiger partial charge in [0, 0.05) is 0 Å². The van der Waals surface area contributed by atoms with Crippen molar-refractivity contribution in [1.29, 1.82) is 0 Å². The molecule has 5 nitrogen and oxygen atoms in total. The standard InChI is InChI=1S/C22H17ClN2O3/c23-20-9-5-4-8-19(20)22(27)28-18-12-10-17(11-13-18)15-24-25-21(26)14-16-6-2-1-3-7-16/h1-13,15H,14H2,(H,25,26)/b24-15+. The Kier molecular flexibility index (Phi) is 6.54. The number of nitrogens with zero attached hydrogens (tertiary/aromatic N) is 1. The highest BCUT2D eigenvalue weighted by Gasteiger charge is 2.11. The number of nitrogens with one attached hydrogen (secondary N) is 1. The molecular formula is C22H17ClN2O3. The number of ether oxygens (including phenoxy) is 1. The van der Waals surface area contributed by atoms with Crippen molar-refractivity contribution in [2.45, 2.75) is 6.42 Å². The van der Waals surface area contributed by atoms with E-state index in [4.69, 9.17) is 16.3 Å². The number of hydrazone groups is 1. The zero-order valence-electron chi connectivity index (χ0n) is 14.8. The highest BCUT2D eigenvalue weighted by Crippen LogP contribution is 2.18. The zero-order chi connectivity index (χ0) is 19.8. The lowest BCUT2D eigenvalue weighted by atomic mass is 10.1. The number of rotatable bonds is 6. The van der Waals surface area contributed by atoms with Gasteiger partial charge in [0.25, 0.3) is 0 Å². The summed E-state index contributed by atoms with van der Waals surface area (Å²) in [6, 6.07) is 22.8. The molecule has 3 aromatic carbocycles. The van der Waals surface area contributed by atoms with E-state index in [2.05, 4.69) is 10.5 Å². The number of hydrogen-bond acceptors (Lipinski definition) is 4. The summed E-state index contributed by atoms with van der Waals surface area (Å²) in [7, 11) is 0. The van der Waals surface area contributed by atoms with Crippen LogP contribution in [0.2, 0.25) is 5.02 Å². The van der Waals surface area contributed by atoms with E-state index in [-0.39, 0.29) is 12.3 Å². The molecule has 140 valence electrons. The molecule has 0 radical (unpaired) electrons. The van der Waals surface area contributed by atoms with Crippen molar-refractivity contribution in [2.24, 2.45) is 5.10 Å². The van der Waals surface area contributed by atoms with Crippen LogP contribution in [-0.4, -0.2) is 18.1 Å².